The van der Waals surface area contributed by atoms with Gasteiger partial charge in [0.2, 0.25) is 5.88 Å². The molecular formula is C27H35N3O3. The molecule has 0 aliphatic carbocycles. The number of hydrogen-bond donors (Lipinski definition) is 1. The Morgan fingerprint density at radius 2 is 2.00 bits per heavy atom. The Balaban J connectivity index is 1.91. The number of carbonyl (C=O) groups excluding carboxylic acids is 1. The van der Waals surface area contributed by atoms with E-state index in [0.717, 1.165) is 6.54 Å². The summed E-state index contributed by atoms with van der Waals surface area (Å²) in [6.07, 6.45) is 1.50. The number of aliphatic hydroxyl groups excluding tert-OH is 1. The number of pyridine rings is 1. The van der Waals surface area contributed by atoms with Gasteiger partial charge in [-0.25, -0.2) is 4.98 Å². The standard InChI is InChI=1S/C27H35N3O3/c1-19(2)11-12-23-13-24-26(28-14-23)33-25(17-29(5)16-22-9-7-6-8-10-22)20(3)15-30(27(24)32)21(4)18-31/h6-10,13-14,19-21,25,31H,15-18H2,1-5H3/t20-,21-,25+/m1/s1. The molecule has 176 valence electrons. The third-order valence-electron chi connectivity index (χ3n) is 5.81. The first-order chi connectivity index (χ1) is 15.8. The van der Waals surface area contributed by atoms with Crippen LogP contribution in [-0.2, 0) is 6.54 Å². The lowest BCUT2D eigenvalue weighted by molar-refractivity contribution is 0.0325. The summed E-state index contributed by atoms with van der Waals surface area (Å²) >= 11 is 0. The third-order valence-corrected chi connectivity index (χ3v) is 5.81. The molecule has 6 nitrogen and oxygen atoms in total. The Labute approximate surface area is 197 Å². The molecule has 1 aromatic heterocycles. The fraction of sp³-hybridized carbons (Fsp3) is 0.481. The van der Waals surface area contributed by atoms with Gasteiger partial charge in [-0.2, -0.15) is 0 Å². The van der Waals surface area contributed by atoms with Crippen LogP contribution in [0.2, 0.25) is 0 Å². The first-order valence-corrected chi connectivity index (χ1v) is 11.6. The van der Waals surface area contributed by atoms with Gasteiger partial charge in [-0.15, -0.1) is 0 Å². The van der Waals surface area contributed by atoms with E-state index in [2.05, 4.69) is 47.8 Å². The van der Waals surface area contributed by atoms with Crippen LogP contribution in [0.5, 0.6) is 5.88 Å². The normalized spacial score (nSPS) is 19.3. The van der Waals surface area contributed by atoms with Gasteiger partial charge in [-0.1, -0.05) is 62.9 Å². The van der Waals surface area contributed by atoms with E-state index in [9.17, 15) is 9.90 Å². The van der Waals surface area contributed by atoms with Crippen molar-refractivity contribution in [1.29, 1.82) is 0 Å². The first-order valence-electron chi connectivity index (χ1n) is 11.6. The lowest BCUT2D eigenvalue weighted by atomic mass is 9.99. The van der Waals surface area contributed by atoms with Crippen LogP contribution in [0.25, 0.3) is 0 Å². The van der Waals surface area contributed by atoms with Crippen LogP contribution in [0.4, 0.5) is 0 Å². The van der Waals surface area contributed by atoms with Crippen LogP contribution in [0, 0.1) is 23.7 Å². The Kier molecular flexibility index (Phi) is 8.49. The maximum atomic E-state index is 13.4. The monoisotopic (exact) mass is 449 g/mol. The summed E-state index contributed by atoms with van der Waals surface area (Å²) in [5.74, 6) is 6.62. The van der Waals surface area contributed by atoms with Crippen molar-refractivity contribution in [3.63, 3.8) is 0 Å². The van der Waals surface area contributed by atoms with E-state index in [-0.39, 0.29) is 36.5 Å². The zero-order valence-electron chi connectivity index (χ0n) is 20.3. The average Bonchev–Trinajstić information content (AvgIpc) is 2.80. The SMILES string of the molecule is CC(C)C#Cc1cnc2c(c1)C(=O)N([C@H](C)CO)C[C@@H](C)[C@H](CN(C)Cc1ccccc1)O2. The number of amides is 1. The number of benzene rings is 1. The van der Waals surface area contributed by atoms with E-state index in [4.69, 9.17) is 4.74 Å². The number of rotatable bonds is 6. The number of fused-ring (bicyclic) bond motifs is 1. The molecule has 3 atom stereocenters. The summed E-state index contributed by atoms with van der Waals surface area (Å²) < 4.78 is 6.36. The minimum absolute atomic E-state index is 0.0523. The Morgan fingerprint density at radius 1 is 1.27 bits per heavy atom. The number of hydrogen-bond acceptors (Lipinski definition) is 5. The topological polar surface area (TPSA) is 65.9 Å². The van der Waals surface area contributed by atoms with E-state index < -0.39 is 0 Å². The van der Waals surface area contributed by atoms with Crippen molar-refractivity contribution >= 4 is 5.91 Å². The van der Waals surface area contributed by atoms with E-state index >= 15 is 0 Å². The second kappa shape index (κ2) is 11.3. The average molecular weight is 450 g/mol. The van der Waals surface area contributed by atoms with Gasteiger partial charge in [-0.05, 0) is 25.6 Å². The Morgan fingerprint density at radius 3 is 2.67 bits per heavy atom. The largest absolute Gasteiger partial charge is 0.472 e. The van der Waals surface area contributed by atoms with Crippen molar-refractivity contribution < 1.29 is 14.6 Å². The van der Waals surface area contributed by atoms with Crippen molar-refractivity contribution in [2.75, 3.05) is 26.7 Å². The predicted molar refractivity (Wildman–Crippen MR) is 130 cm³/mol. The Bertz CT molecular complexity index is 997. The van der Waals surface area contributed by atoms with Gasteiger partial charge in [0.15, 0.2) is 0 Å². The molecule has 0 unspecified atom stereocenters. The summed E-state index contributed by atoms with van der Waals surface area (Å²) in [4.78, 5) is 21.9. The molecule has 0 saturated heterocycles. The van der Waals surface area contributed by atoms with Crippen LogP contribution in [0.1, 0.15) is 49.2 Å². The molecule has 0 saturated carbocycles. The molecule has 1 amide bonds. The van der Waals surface area contributed by atoms with Crippen LogP contribution in [-0.4, -0.2) is 64.7 Å². The molecule has 2 heterocycles. The molecular weight excluding hydrogens is 414 g/mol. The maximum absolute atomic E-state index is 13.4. The number of ether oxygens (including phenoxy) is 1. The van der Waals surface area contributed by atoms with E-state index in [1.165, 1.54) is 5.56 Å². The van der Waals surface area contributed by atoms with Gasteiger partial charge in [0.1, 0.15) is 11.7 Å². The molecule has 1 aliphatic heterocycles. The summed E-state index contributed by atoms with van der Waals surface area (Å²) in [6, 6.07) is 11.8. The van der Waals surface area contributed by atoms with E-state index in [1.54, 1.807) is 17.2 Å². The molecule has 33 heavy (non-hydrogen) atoms. The van der Waals surface area contributed by atoms with Crippen LogP contribution in [0.3, 0.4) is 0 Å². The van der Waals surface area contributed by atoms with E-state index in [1.807, 2.05) is 39.0 Å². The molecule has 0 bridgehead atoms. The molecule has 1 aliphatic rings. The minimum atomic E-state index is -0.306. The van der Waals surface area contributed by atoms with Gasteiger partial charge in [0.05, 0.1) is 12.6 Å². The molecule has 0 spiro atoms. The van der Waals surface area contributed by atoms with Gasteiger partial charge >= 0.3 is 0 Å². The highest BCUT2D eigenvalue weighted by atomic mass is 16.5. The fourth-order valence-electron chi connectivity index (χ4n) is 3.88. The van der Waals surface area contributed by atoms with Crippen LogP contribution >= 0.6 is 0 Å². The highest BCUT2D eigenvalue weighted by molar-refractivity contribution is 5.97. The zero-order valence-corrected chi connectivity index (χ0v) is 20.3. The molecule has 6 heteroatoms. The van der Waals surface area contributed by atoms with Crippen molar-refractivity contribution in [2.45, 2.75) is 46.4 Å². The van der Waals surface area contributed by atoms with Crippen molar-refractivity contribution in [3.8, 4) is 17.7 Å². The van der Waals surface area contributed by atoms with Crippen molar-refractivity contribution in [1.82, 2.24) is 14.8 Å². The van der Waals surface area contributed by atoms with Crippen molar-refractivity contribution in [2.24, 2.45) is 11.8 Å². The zero-order chi connectivity index (χ0) is 24.0. The second-order valence-electron chi connectivity index (χ2n) is 9.31. The summed E-state index contributed by atoms with van der Waals surface area (Å²) in [5.41, 5.74) is 2.31. The van der Waals surface area contributed by atoms with Gasteiger partial charge in [0.25, 0.3) is 5.91 Å². The minimum Gasteiger partial charge on any atom is -0.472 e. The lowest BCUT2D eigenvalue weighted by Gasteiger charge is -2.37. The van der Waals surface area contributed by atoms with Gasteiger partial charge in [-0.3, -0.25) is 9.69 Å². The smallest absolute Gasteiger partial charge is 0.259 e. The third kappa shape index (κ3) is 6.56. The molecule has 0 radical (unpaired) electrons. The predicted octanol–water partition coefficient (Wildman–Crippen LogP) is 3.44. The fourth-order valence-corrected chi connectivity index (χ4v) is 3.88. The van der Waals surface area contributed by atoms with Crippen molar-refractivity contribution in [3.05, 3.63) is 59.3 Å². The molecule has 2 aromatic rings. The summed E-state index contributed by atoms with van der Waals surface area (Å²) in [5, 5.41) is 9.81. The molecule has 0 fully saturated rings. The van der Waals surface area contributed by atoms with Gasteiger partial charge < -0.3 is 14.7 Å². The number of aromatic nitrogens is 1. The number of carbonyl (C=O) groups is 1. The molecule has 1 N–H and O–H groups in total. The number of nitrogens with zero attached hydrogens (tertiary/aromatic N) is 3. The maximum Gasteiger partial charge on any atom is 0.259 e. The lowest BCUT2D eigenvalue weighted by Crippen LogP contribution is -2.49. The van der Waals surface area contributed by atoms with Gasteiger partial charge in [0, 0.05) is 43.2 Å². The number of aliphatic hydroxyl groups is 1. The van der Waals surface area contributed by atoms with Crippen LogP contribution < -0.4 is 4.74 Å². The van der Waals surface area contributed by atoms with E-state index in [0.29, 0.717) is 30.1 Å². The number of likely N-dealkylation sites (N-methyl/N-ethyl adjacent to an activating group) is 1. The highest BCUT2D eigenvalue weighted by Crippen LogP contribution is 2.27. The highest BCUT2D eigenvalue weighted by Gasteiger charge is 2.34. The second-order valence-corrected chi connectivity index (χ2v) is 9.31. The first kappa shape index (κ1) is 24.8. The van der Waals surface area contributed by atoms with Crippen LogP contribution in [0.15, 0.2) is 42.6 Å². The summed E-state index contributed by atoms with van der Waals surface area (Å²) in [7, 11) is 2.07. The summed E-state index contributed by atoms with van der Waals surface area (Å²) in [6.45, 7) is 9.85. The molecule has 3 rings (SSSR count). The molecule has 1 aromatic carbocycles. The Hall–Kier alpha value is -2.88. The quantitative estimate of drug-likeness (QED) is 0.685.